The Morgan fingerprint density at radius 1 is 0.911 bits per heavy atom. The Kier molecular flexibility index (Phi) is 13.6. The van der Waals surface area contributed by atoms with Gasteiger partial charge in [0.05, 0.1) is 25.3 Å². The molecule has 4 rings (SSSR count). The fourth-order valence-corrected chi connectivity index (χ4v) is 5.16. The summed E-state index contributed by atoms with van der Waals surface area (Å²) >= 11 is 1.52. The number of ether oxygens (including phenoxy) is 3. The molecule has 0 aliphatic rings. The number of benzene rings is 2. The van der Waals surface area contributed by atoms with E-state index in [0.29, 0.717) is 32.3 Å². The molecule has 0 aliphatic heterocycles. The molecule has 0 spiro atoms. The lowest BCUT2D eigenvalue weighted by atomic mass is 10.1. The second-order valence-electron chi connectivity index (χ2n) is 10.1. The Morgan fingerprint density at radius 3 is 2.51 bits per heavy atom. The Balaban J connectivity index is 1.10. The number of hydrogen-bond acceptors (Lipinski definition) is 11. The summed E-state index contributed by atoms with van der Waals surface area (Å²) in [5.41, 5.74) is 3.63. The lowest BCUT2D eigenvalue weighted by Crippen LogP contribution is -2.23. The van der Waals surface area contributed by atoms with Crippen molar-refractivity contribution in [2.45, 2.75) is 51.7 Å². The summed E-state index contributed by atoms with van der Waals surface area (Å²) in [4.78, 5) is 24.1. The molecule has 2 aromatic heterocycles. The van der Waals surface area contributed by atoms with Crippen molar-refractivity contribution < 1.29 is 23.8 Å². The SMILES string of the molecule is CCOC(=O)NCc1cccc(CC(=O)Nc2ccc(CCCCc3nnc(NCOCC(OC)c4ccccc4)s3)nn2)c1. The Bertz CT molecular complexity index is 1470. The molecule has 0 saturated heterocycles. The summed E-state index contributed by atoms with van der Waals surface area (Å²) in [5, 5.41) is 27.2. The van der Waals surface area contributed by atoms with Crippen molar-refractivity contribution >= 4 is 34.3 Å². The van der Waals surface area contributed by atoms with Crippen LogP contribution in [0.5, 0.6) is 0 Å². The largest absolute Gasteiger partial charge is 0.450 e. The Morgan fingerprint density at radius 2 is 1.73 bits per heavy atom. The van der Waals surface area contributed by atoms with Gasteiger partial charge in [-0.1, -0.05) is 65.9 Å². The third-order valence-electron chi connectivity index (χ3n) is 6.65. The van der Waals surface area contributed by atoms with Crippen LogP contribution in [0.2, 0.25) is 0 Å². The molecule has 1 atom stereocenters. The zero-order valence-electron chi connectivity index (χ0n) is 25.5. The first kappa shape index (κ1) is 33.4. The second-order valence-corrected chi connectivity index (χ2v) is 11.1. The van der Waals surface area contributed by atoms with Gasteiger partial charge in [-0.3, -0.25) is 4.79 Å². The zero-order valence-corrected chi connectivity index (χ0v) is 26.3. The number of alkyl carbamates (subject to hydrolysis) is 1. The summed E-state index contributed by atoms with van der Waals surface area (Å²) < 4.78 is 16.1. The summed E-state index contributed by atoms with van der Waals surface area (Å²) in [7, 11) is 1.67. The van der Waals surface area contributed by atoms with Gasteiger partial charge in [0.15, 0.2) is 5.82 Å². The maximum atomic E-state index is 12.5. The molecule has 45 heavy (non-hydrogen) atoms. The monoisotopic (exact) mass is 633 g/mol. The average Bonchev–Trinajstić information content (AvgIpc) is 3.51. The fourth-order valence-electron chi connectivity index (χ4n) is 4.39. The van der Waals surface area contributed by atoms with E-state index >= 15 is 0 Å². The number of hydrogen-bond donors (Lipinski definition) is 3. The van der Waals surface area contributed by atoms with E-state index in [4.69, 9.17) is 14.2 Å². The molecule has 0 aliphatic carbocycles. The highest BCUT2D eigenvalue weighted by Gasteiger charge is 2.11. The van der Waals surface area contributed by atoms with Gasteiger partial charge in [-0.15, -0.1) is 15.3 Å². The van der Waals surface area contributed by atoms with Gasteiger partial charge in [0.25, 0.3) is 0 Å². The highest BCUT2D eigenvalue weighted by atomic mass is 32.1. The van der Waals surface area contributed by atoms with Gasteiger partial charge in [0, 0.05) is 20.1 Å². The van der Waals surface area contributed by atoms with Crippen molar-refractivity contribution in [1.82, 2.24) is 25.7 Å². The van der Waals surface area contributed by atoms with Gasteiger partial charge in [0.2, 0.25) is 11.0 Å². The molecule has 3 N–H and O–H groups in total. The minimum absolute atomic E-state index is 0.124. The fraction of sp³-hybridized carbons (Fsp3) is 0.375. The molecule has 2 aromatic carbocycles. The molecule has 0 bridgehead atoms. The van der Waals surface area contributed by atoms with Crippen LogP contribution in [-0.2, 0) is 44.8 Å². The van der Waals surface area contributed by atoms with E-state index < -0.39 is 6.09 Å². The van der Waals surface area contributed by atoms with Gasteiger partial charge in [-0.2, -0.15) is 5.10 Å². The number of aryl methyl sites for hydroxylation is 2. The lowest BCUT2D eigenvalue weighted by molar-refractivity contribution is -0.115. The van der Waals surface area contributed by atoms with E-state index in [2.05, 4.69) is 36.3 Å². The second kappa shape index (κ2) is 18.4. The van der Waals surface area contributed by atoms with Crippen LogP contribution in [0.1, 0.15) is 53.3 Å². The number of carbonyl (C=O) groups excluding carboxylic acids is 2. The van der Waals surface area contributed by atoms with Crippen LogP contribution in [0, 0.1) is 0 Å². The maximum Gasteiger partial charge on any atom is 0.407 e. The Hall–Kier alpha value is -4.46. The van der Waals surface area contributed by atoms with Crippen molar-refractivity contribution in [3.63, 3.8) is 0 Å². The molecule has 13 heteroatoms. The highest BCUT2D eigenvalue weighted by molar-refractivity contribution is 7.15. The minimum atomic E-state index is -0.472. The van der Waals surface area contributed by atoms with Gasteiger partial charge < -0.3 is 30.2 Å². The number of nitrogens with one attached hydrogen (secondary N) is 3. The van der Waals surface area contributed by atoms with Crippen molar-refractivity contribution in [3.8, 4) is 0 Å². The van der Waals surface area contributed by atoms with E-state index in [0.717, 1.165) is 58.2 Å². The van der Waals surface area contributed by atoms with Gasteiger partial charge in [0.1, 0.15) is 17.8 Å². The molecule has 2 amide bonds. The number of rotatable bonds is 18. The number of carbonyl (C=O) groups is 2. The highest BCUT2D eigenvalue weighted by Crippen LogP contribution is 2.19. The first-order chi connectivity index (χ1) is 22.0. The third kappa shape index (κ3) is 11.9. The van der Waals surface area contributed by atoms with Crippen molar-refractivity contribution in [3.05, 3.63) is 94.1 Å². The number of aromatic nitrogens is 4. The van der Waals surface area contributed by atoms with Crippen molar-refractivity contribution in [2.75, 3.05) is 37.7 Å². The molecule has 238 valence electrons. The van der Waals surface area contributed by atoms with Crippen molar-refractivity contribution in [2.24, 2.45) is 0 Å². The maximum absolute atomic E-state index is 12.5. The van der Waals surface area contributed by atoms with Crippen LogP contribution in [0.15, 0.2) is 66.7 Å². The zero-order chi connectivity index (χ0) is 31.7. The number of methoxy groups -OCH3 is 1. The van der Waals surface area contributed by atoms with Gasteiger partial charge in [-0.05, 0) is 55.0 Å². The van der Waals surface area contributed by atoms with Gasteiger partial charge in [-0.25, -0.2) is 4.79 Å². The predicted molar refractivity (Wildman–Crippen MR) is 172 cm³/mol. The number of nitrogens with zero attached hydrogens (tertiary/aromatic N) is 4. The number of unbranched alkanes of at least 4 members (excludes halogenated alkanes) is 1. The number of amides is 2. The van der Waals surface area contributed by atoms with E-state index in [1.165, 1.54) is 11.3 Å². The normalized spacial score (nSPS) is 11.5. The molecule has 2 heterocycles. The molecular weight excluding hydrogens is 594 g/mol. The van der Waals surface area contributed by atoms with Crippen LogP contribution in [0.4, 0.5) is 15.7 Å². The molecule has 0 radical (unpaired) electrons. The third-order valence-corrected chi connectivity index (χ3v) is 7.59. The molecule has 12 nitrogen and oxygen atoms in total. The lowest BCUT2D eigenvalue weighted by Gasteiger charge is -2.15. The molecule has 1 unspecified atom stereocenters. The topological polar surface area (TPSA) is 149 Å². The first-order valence-corrected chi connectivity index (χ1v) is 15.7. The van der Waals surface area contributed by atoms with Crippen LogP contribution in [0.3, 0.4) is 0 Å². The van der Waals surface area contributed by atoms with E-state index in [-0.39, 0.29) is 18.4 Å². The van der Waals surface area contributed by atoms with Crippen LogP contribution in [-0.4, -0.2) is 59.4 Å². The number of anilines is 2. The predicted octanol–water partition coefficient (Wildman–Crippen LogP) is 5.09. The summed E-state index contributed by atoms with van der Waals surface area (Å²) in [6, 6.07) is 21.1. The van der Waals surface area contributed by atoms with E-state index in [1.807, 2.05) is 60.7 Å². The summed E-state index contributed by atoms with van der Waals surface area (Å²) in [6.45, 7) is 3.13. The van der Waals surface area contributed by atoms with Crippen LogP contribution >= 0.6 is 11.3 Å². The van der Waals surface area contributed by atoms with Crippen LogP contribution < -0.4 is 16.0 Å². The van der Waals surface area contributed by atoms with Crippen LogP contribution in [0.25, 0.3) is 0 Å². The molecule has 0 fully saturated rings. The quantitative estimate of drug-likeness (QED) is 0.0999. The standard InChI is InChI=1S/C32H39N7O5S/c1-3-44-32(41)33-20-24-11-9-10-23(18-24)19-29(40)35-28-17-16-26(36-37-28)14-7-8-15-30-38-39-31(45-30)34-22-43-21-27(42-2)25-12-5-4-6-13-25/h4-6,9-13,16-18,27H,3,7-8,14-15,19-22H2,1-2H3,(H,33,41)(H,34,39)(H,35,37,40). The van der Waals surface area contributed by atoms with Gasteiger partial charge >= 0.3 is 6.09 Å². The van der Waals surface area contributed by atoms with Crippen molar-refractivity contribution in [1.29, 1.82) is 0 Å². The average molecular weight is 634 g/mol. The Labute approximate surface area is 266 Å². The molecule has 0 saturated carbocycles. The molecular formula is C32H39N7O5S. The summed E-state index contributed by atoms with van der Waals surface area (Å²) in [6.07, 6.45) is 3.03. The first-order valence-electron chi connectivity index (χ1n) is 14.8. The smallest absolute Gasteiger partial charge is 0.407 e. The molecule has 4 aromatic rings. The summed E-state index contributed by atoms with van der Waals surface area (Å²) in [5.74, 6) is 0.205. The minimum Gasteiger partial charge on any atom is -0.450 e. The van der Waals surface area contributed by atoms with E-state index in [1.54, 1.807) is 20.1 Å². The van der Waals surface area contributed by atoms with E-state index in [9.17, 15) is 9.59 Å².